The van der Waals surface area contributed by atoms with Crippen molar-refractivity contribution in [1.29, 1.82) is 0 Å². The normalized spacial score (nSPS) is 18.1. The lowest BCUT2D eigenvalue weighted by Crippen LogP contribution is -2.45. The van der Waals surface area contributed by atoms with Crippen LogP contribution in [0.3, 0.4) is 0 Å². The molecule has 0 bridgehead atoms. The molecule has 0 radical (unpaired) electrons. The number of hydrogen-bond donors (Lipinski definition) is 1. The summed E-state index contributed by atoms with van der Waals surface area (Å²) >= 11 is 1.75. The van der Waals surface area contributed by atoms with Gasteiger partial charge in [-0.25, -0.2) is 4.39 Å². The van der Waals surface area contributed by atoms with Gasteiger partial charge in [-0.15, -0.1) is 11.3 Å². The standard InChI is InChI=1S/C16H19FN2S/c1-12-13(4-2-5-14(12)17)16(15-6-3-11-20-15)19-9-7-18-8-10-19/h2-6,11,16,18H,7-10H2,1H3/t16-/m1/s1. The Bertz CT molecular complexity index is 562. The highest BCUT2D eigenvalue weighted by Crippen LogP contribution is 2.34. The first-order valence-electron chi connectivity index (χ1n) is 7.00. The molecule has 4 heteroatoms. The molecule has 0 spiro atoms. The van der Waals surface area contributed by atoms with Crippen molar-refractivity contribution in [3.63, 3.8) is 0 Å². The van der Waals surface area contributed by atoms with Crippen LogP contribution in [0.25, 0.3) is 0 Å². The molecule has 1 aliphatic rings. The number of thiophene rings is 1. The van der Waals surface area contributed by atoms with E-state index in [0.29, 0.717) is 0 Å². The Hall–Kier alpha value is -1.23. The van der Waals surface area contributed by atoms with Crippen molar-refractivity contribution in [1.82, 2.24) is 10.2 Å². The number of benzene rings is 1. The van der Waals surface area contributed by atoms with Gasteiger partial charge >= 0.3 is 0 Å². The van der Waals surface area contributed by atoms with E-state index in [9.17, 15) is 4.39 Å². The quantitative estimate of drug-likeness (QED) is 0.934. The molecule has 2 aromatic rings. The largest absolute Gasteiger partial charge is 0.314 e. The van der Waals surface area contributed by atoms with E-state index in [2.05, 4.69) is 33.8 Å². The van der Waals surface area contributed by atoms with Crippen molar-refractivity contribution < 1.29 is 4.39 Å². The molecule has 0 unspecified atom stereocenters. The molecule has 2 heterocycles. The topological polar surface area (TPSA) is 15.3 Å². The number of rotatable bonds is 3. The number of hydrogen-bond acceptors (Lipinski definition) is 3. The van der Waals surface area contributed by atoms with Gasteiger partial charge in [0, 0.05) is 31.1 Å². The highest BCUT2D eigenvalue weighted by atomic mass is 32.1. The zero-order valence-corrected chi connectivity index (χ0v) is 12.4. The number of nitrogens with zero attached hydrogens (tertiary/aromatic N) is 1. The predicted molar refractivity (Wildman–Crippen MR) is 81.7 cm³/mol. The first-order valence-corrected chi connectivity index (χ1v) is 7.88. The minimum atomic E-state index is -0.112. The highest BCUT2D eigenvalue weighted by Gasteiger charge is 2.26. The Morgan fingerprint density at radius 1 is 1.20 bits per heavy atom. The number of halogens is 1. The lowest BCUT2D eigenvalue weighted by molar-refractivity contribution is 0.200. The van der Waals surface area contributed by atoms with Crippen LogP contribution < -0.4 is 5.32 Å². The van der Waals surface area contributed by atoms with Crippen molar-refractivity contribution in [2.45, 2.75) is 13.0 Å². The molecule has 1 fully saturated rings. The molecule has 1 aliphatic heterocycles. The van der Waals surface area contributed by atoms with Gasteiger partial charge < -0.3 is 5.32 Å². The number of nitrogens with one attached hydrogen (secondary N) is 1. The van der Waals surface area contributed by atoms with Crippen LogP contribution in [-0.4, -0.2) is 31.1 Å². The summed E-state index contributed by atoms with van der Waals surface area (Å²) in [5.74, 6) is -0.112. The lowest BCUT2D eigenvalue weighted by Gasteiger charge is -2.35. The van der Waals surface area contributed by atoms with E-state index in [-0.39, 0.29) is 11.9 Å². The average Bonchev–Trinajstić information content (AvgIpc) is 2.99. The summed E-state index contributed by atoms with van der Waals surface area (Å²) in [6, 6.07) is 9.83. The van der Waals surface area contributed by atoms with Crippen LogP contribution in [-0.2, 0) is 0 Å². The molecule has 20 heavy (non-hydrogen) atoms. The first kappa shape index (κ1) is 13.7. The maximum Gasteiger partial charge on any atom is 0.126 e. The zero-order valence-electron chi connectivity index (χ0n) is 11.6. The van der Waals surface area contributed by atoms with Crippen molar-refractivity contribution in [2.24, 2.45) is 0 Å². The van der Waals surface area contributed by atoms with Crippen LogP contribution in [0.4, 0.5) is 4.39 Å². The van der Waals surface area contributed by atoms with E-state index < -0.39 is 0 Å². The van der Waals surface area contributed by atoms with Crippen molar-refractivity contribution in [3.05, 3.63) is 57.5 Å². The molecule has 2 nitrogen and oxygen atoms in total. The Labute approximate surface area is 123 Å². The molecular weight excluding hydrogens is 271 g/mol. The maximum atomic E-state index is 13.9. The van der Waals surface area contributed by atoms with Gasteiger partial charge in [0.2, 0.25) is 0 Å². The van der Waals surface area contributed by atoms with Gasteiger partial charge in [-0.3, -0.25) is 4.90 Å². The van der Waals surface area contributed by atoms with Crippen molar-refractivity contribution >= 4 is 11.3 Å². The minimum absolute atomic E-state index is 0.112. The van der Waals surface area contributed by atoms with E-state index in [0.717, 1.165) is 37.3 Å². The fraction of sp³-hybridized carbons (Fsp3) is 0.375. The summed E-state index contributed by atoms with van der Waals surface area (Å²) < 4.78 is 13.9. The summed E-state index contributed by atoms with van der Waals surface area (Å²) in [5.41, 5.74) is 1.86. The average molecular weight is 290 g/mol. The van der Waals surface area contributed by atoms with E-state index in [4.69, 9.17) is 0 Å². The Morgan fingerprint density at radius 3 is 2.70 bits per heavy atom. The van der Waals surface area contributed by atoms with Gasteiger partial charge in [0.05, 0.1) is 6.04 Å². The van der Waals surface area contributed by atoms with Gasteiger partial charge in [-0.1, -0.05) is 18.2 Å². The number of piperazine rings is 1. The van der Waals surface area contributed by atoms with Gasteiger partial charge in [-0.2, -0.15) is 0 Å². The smallest absolute Gasteiger partial charge is 0.126 e. The molecular formula is C16H19FN2S. The third-order valence-electron chi connectivity index (χ3n) is 3.93. The second-order valence-corrected chi connectivity index (χ2v) is 6.14. The summed E-state index contributed by atoms with van der Waals surface area (Å²) in [4.78, 5) is 3.74. The zero-order chi connectivity index (χ0) is 13.9. The summed E-state index contributed by atoms with van der Waals surface area (Å²) in [6.45, 7) is 5.87. The van der Waals surface area contributed by atoms with E-state index in [1.807, 2.05) is 13.0 Å². The molecule has 1 aromatic carbocycles. The molecule has 1 saturated heterocycles. The SMILES string of the molecule is Cc1c(F)cccc1[C@H](c1cccs1)N1CCNCC1. The van der Waals surface area contributed by atoms with Gasteiger partial charge in [0.25, 0.3) is 0 Å². The van der Waals surface area contributed by atoms with Crippen molar-refractivity contribution in [3.8, 4) is 0 Å². The molecule has 0 amide bonds. The molecule has 106 valence electrons. The fourth-order valence-corrected chi connectivity index (χ4v) is 3.71. The van der Waals surface area contributed by atoms with Crippen molar-refractivity contribution in [2.75, 3.05) is 26.2 Å². The summed E-state index contributed by atoms with van der Waals surface area (Å²) in [5, 5.41) is 5.48. The van der Waals surface area contributed by atoms with Crippen LogP contribution in [0.2, 0.25) is 0 Å². The molecule has 1 atom stereocenters. The minimum Gasteiger partial charge on any atom is -0.314 e. The van der Waals surface area contributed by atoms with Crippen LogP contribution in [0.1, 0.15) is 22.0 Å². The fourth-order valence-electron chi connectivity index (χ4n) is 2.84. The molecule has 0 aliphatic carbocycles. The van der Waals surface area contributed by atoms with Gasteiger partial charge in [0.1, 0.15) is 5.82 Å². The second kappa shape index (κ2) is 6.04. The Morgan fingerprint density at radius 2 is 2.00 bits per heavy atom. The Balaban J connectivity index is 2.03. The van der Waals surface area contributed by atoms with Crippen LogP contribution >= 0.6 is 11.3 Å². The van der Waals surface area contributed by atoms with E-state index >= 15 is 0 Å². The maximum absolute atomic E-state index is 13.9. The van der Waals surface area contributed by atoms with Crippen LogP contribution in [0.15, 0.2) is 35.7 Å². The van der Waals surface area contributed by atoms with E-state index in [1.165, 1.54) is 4.88 Å². The second-order valence-electron chi connectivity index (χ2n) is 5.16. The summed E-state index contributed by atoms with van der Waals surface area (Å²) in [7, 11) is 0. The highest BCUT2D eigenvalue weighted by molar-refractivity contribution is 7.10. The monoisotopic (exact) mass is 290 g/mol. The summed E-state index contributed by atoms with van der Waals surface area (Å²) in [6.07, 6.45) is 0. The van der Waals surface area contributed by atoms with E-state index in [1.54, 1.807) is 17.4 Å². The van der Waals surface area contributed by atoms with Gasteiger partial charge in [-0.05, 0) is 35.6 Å². The lowest BCUT2D eigenvalue weighted by atomic mass is 9.97. The molecule has 1 N–H and O–H groups in total. The third kappa shape index (κ3) is 2.64. The molecule has 1 aromatic heterocycles. The van der Waals surface area contributed by atoms with Crippen LogP contribution in [0, 0.1) is 12.7 Å². The van der Waals surface area contributed by atoms with Gasteiger partial charge in [0.15, 0.2) is 0 Å². The third-order valence-corrected chi connectivity index (χ3v) is 4.86. The first-order chi connectivity index (χ1) is 9.77. The Kier molecular flexibility index (Phi) is 4.15. The predicted octanol–water partition coefficient (Wildman–Crippen LogP) is 3.19. The molecule has 0 saturated carbocycles. The van der Waals surface area contributed by atoms with Crippen LogP contribution in [0.5, 0.6) is 0 Å². The molecule has 3 rings (SSSR count).